The Hall–Kier alpha value is -2.31. The quantitative estimate of drug-likeness (QED) is 0.325. The third-order valence-electron chi connectivity index (χ3n) is 4.76. The SMILES string of the molecule is COC(Cn1c(SCc2ccccc2F)nnc1-c1cccc(S(=O)(=O)N(C)C)c1)OC. The van der Waals surface area contributed by atoms with E-state index in [2.05, 4.69) is 10.2 Å². The summed E-state index contributed by atoms with van der Waals surface area (Å²) in [7, 11) is 2.38. The molecule has 0 aliphatic rings. The Morgan fingerprint density at radius 2 is 1.81 bits per heavy atom. The first kappa shape index (κ1) is 24.3. The number of hydrogen-bond donors (Lipinski definition) is 0. The molecule has 172 valence electrons. The number of hydrogen-bond acceptors (Lipinski definition) is 7. The van der Waals surface area contributed by atoms with Gasteiger partial charge in [-0.2, -0.15) is 0 Å². The highest BCUT2D eigenvalue weighted by molar-refractivity contribution is 7.98. The molecular weight excluding hydrogens is 455 g/mol. The van der Waals surface area contributed by atoms with Gasteiger partial charge in [0, 0.05) is 39.6 Å². The van der Waals surface area contributed by atoms with Crippen LogP contribution < -0.4 is 0 Å². The van der Waals surface area contributed by atoms with Crippen molar-refractivity contribution in [2.45, 2.75) is 28.6 Å². The van der Waals surface area contributed by atoms with Gasteiger partial charge in [-0.25, -0.2) is 17.1 Å². The number of halogens is 1. The first-order chi connectivity index (χ1) is 15.3. The predicted octanol–water partition coefficient (Wildman–Crippen LogP) is 3.25. The van der Waals surface area contributed by atoms with Crippen molar-refractivity contribution in [3.8, 4) is 11.4 Å². The summed E-state index contributed by atoms with van der Waals surface area (Å²) in [5, 5.41) is 9.09. The third-order valence-corrected chi connectivity index (χ3v) is 7.59. The molecule has 3 rings (SSSR count). The van der Waals surface area contributed by atoms with Gasteiger partial charge in [0.05, 0.1) is 11.4 Å². The fourth-order valence-electron chi connectivity index (χ4n) is 2.93. The molecule has 11 heteroatoms. The van der Waals surface area contributed by atoms with Gasteiger partial charge in [0.1, 0.15) is 5.82 Å². The predicted molar refractivity (Wildman–Crippen MR) is 120 cm³/mol. The van der Waals surface area contributed by atoms with Gasteiger partial charge in [-0.05, 0) is 23.8 Å². The molecule has 0 radical (unpaired) electrons. The summed E-state index contributed by atoms with van der Waals surface area (Å²) in [6.45, 7) is 0.263. The lowest BCUT2D eigenvalue weighted by Gasteiger charge is -2.17. The average molecular weight is 481 g/mol. The largest absolute Gasteiger partial charge is 0.354 e. The van der Waals surface area contributed by atoms with Crippen molar-refractivity contribution in [3.05, 3.63) is 59.9 Å². The van der Waals surface area contributed by atoms with E-state index in [0.29, 0.717) is 27.9 Å². The molecule has 8 nitrogen and oxygen atoms in total. The second kappa shape index (κ2) is 10.5. The van der Waals surface area contributed by atoms with Gasteiger partial charge < -0.3 is 9.47 Å². The fourth-order valence-corrected chi connectivity index (χ4v) is 4.81. The minimum Gasteiger partial charge on any atom is -0.354 e. The zero-order chi connectivity index (χ0) is 23.3. The van der Waals surface area contributed by atoms with Gasteiger partial charge in [-0.1, -0.05) is 42.1 Å². The molecule has 0 saturated carbocycles. The van der Waals surface area contributed by atoms with Crippen LogP contribution in [0.2, 0.25) is 0 Å². The minimum absolute atomic E-state index is 0.144. The van der Waals surface area contributed by atoms with E-state index in [9.17, 15) is 12.8 Å². The van der Waals surface area contributed by atoms with E-state index >= 15 is 0 Å². The van der Waals surface area contributed by atoms with Crippen LogP contribution in [0.3, 0.4) is 0 Å². The van der Waals surface area contributed by atoms with E-state index in [1.807, 2.05) is 0 Å². The summed E-state index contributed by atoms with van der Waals surface area (Å²) in [5.41, 5.74) is 1.12. The van der Waals surface area contributed by atoms with Gasteiger partial charge in [-0.3, -0.25) is 4.57 Å². The van der Waals surface area contributed by atoms with E-state index in [0.717, 1.165) is 4.31 Å². The number of benzene rings is 2. The van der Waals surface area contributed by atoms with Gasteiger partial charge in [0.15, 0.2) is 17.3 Å². The fraction of sp³-hybridized carbons (Fsp3) is 0.333. The molecule has 0 aliphatic carbocycles. The maximum Gasteiger partial charge on any atom is 0.242 e. The van der Waals surface area contributed by atoms with Crippen molar-refractivity contribution in [1.82, 2.24) is 19.1 Å². The first-order valence-electron chi connectivity index (χ1n) is 9.66. The van der Waals surface area contributed by atoms with Gasteiger partial charge in [0.2, 0.25) is 10.0 Å². The molecule has 0 N–H and O–H groups in total. The van der Waals surface area contributed by atoms with Crippen LogP contribution in [-0.2, 0) is 31.8 Å². The first-order valence-corrected chi connectivity index (χ1v) is 12.1. The molecule has 0 fully saturated rings. The van der Waals surface area contributed by atoms with Gasteiger partial charge >= 0.3 is 0 Å². The van der Waals surface area contributed by atoms with Crippen LogP contribution in [0.25, 0.3) is 11.4 Å². The number of thioether (sulfide) groups is 1. The van der Waals surface area contributed by atoms with Crippen LogP contribution >= 0.6 is 11.8 Å². The highest BCUT2D eigenvalue weighted by atomic mass is 32.2. The van der Waals surface area contributed by atoms with Crippen LogP contribution in [-0.4, -0.2) is 62.1 Å². The average Bonchev–Trinajstić information content (AvgIpc) is 3.19. The number of methoxy groups -OCH3 is 2. The monoisotopic (exact) mass is 480 g/mol. The summed E-state index contributed by atoms with van der Waals surface area (Å²) >= 11 is 1.32. The lowest BCUT2D eigenvalue weighted by molar-refractivity contribution is -0.111. The Bertz CT molecular complexity index is 1160. The Kier molecular flexibility index (Phi) is 8.01. The van der Waals surface area contributed by atoms with Crippen LogP contribution in [0, 0.1) is 5.82 Å². The smallest absolute Gasteiger partial charge is 0.242 e. The Morgan fingerprint density at radius 1 is 1.09 bits per heavy atom. The summed E-state index contributed by atoms with van der Waals surface area (Å²) in [5.74, 6) is 0.514. The molecule has 0 spiro atoms. The topological polar surface area (TPSA) is 86.5 Å². The summed E-state index contributed by atoms with van der Waals surface area (Å²) in [6.07, 6.45) is -0.578. The van der Waals surface area contributed by atoms with E-state index < -0.39 is 16.3 Å². The standard InChI is InChI=1S/C21H25FN4O4S2/c1-25(2)32(27,28)17-10-7-9-15(12-17)20-23-24-21(26(20)13-19(29-3)30-4)31-14-16-8-5-6-11-18(16)22/h5-12,19H,13-14H2,1-4H3. The molecule has 0 amide bonds. The Morgan fingerprint density at radius 3 is 2.47 bits per heavy atom. The van der Waals surface area contributed by atoms with Crippen molar-refractivity contribution in [3.63, 3.8) is 0 Å². The molecule has 0 saturated heterocycles. The van der Waals surface area contributed by atoms with Crippen molar-refractivity contribution in [2.24, 2.45) is 0 Å². The molecule has 0 unspecified atom stereocenters. The Balaban J connectivity index is 2.00. The van der Waals surface area contributed by atoms with E-state index in [-0.39, 0.29) is 17.3 Å². The molecular formula is C21H25FN4O4S2. The summed E-state index contributed by atoms with van der Waals surface area (Å²) < 4.78 is 52.8. The van der Waals surface area contributed by atoms with Crippen molar-refractivity contribution in [1.29, 1.82) is 0 Å². The molecule has 3 aromatic rings. The number of sulfonamides is 1. The highest BCUT2D eigenvalue weighted by Crippen LogP contribution is 2.29. The van der Waals surface area contributed by atoms with Gasteiger partial charge in [-0.15, -0.1) is 10.2 Å². The van der Waals surface area contributed by atoms with Crippen LogP contribution in [0.1, 0.15) is 5.56 Å². The lowest BCUT2D eigenvalue weighted by atomic mass is 10.2. The molecule has 32 heavy (non-hydrogen) atoms. The molecule has 1 heterocycles. The van der Waals surface area contributed by atoms with E-state index in [4.69, 9.17) is 9.47 Å². The number of aromatic nitrogens is 3. The lowest BCUT2D eigenvalue weighted by Crippen LogP contribution is -2.22. The summed E-state index contributed by atoms with van der Waals surface area (Å²) in [4.78, 5) is 0.144. The van der Waals surface area contributed by atoms with Crippen molar-refractivity contribution >= 4 is 21.8 Å². The maximum atomic E-state index is 14.0. The molecule has 2 aromatic carbocycles. The molecule has 0 aliphatic heterocycles. The normalized spacial score (nSPS) is 12.1. The van der Waals surface area contributed by atoms with Crippen molar-refractivity contribution in [2.75, 3.05) is 28.3 Å². The van der Waals surface area contributed by atoms with Crippen LogP contribution in [0.4, 0.5) is 4.39 Å². The van der Waals surface area contributed by atoms with E-state index in [1.54, 1.807) is 41.0 Å². The molecule has 0 bridgehead atoms. The van der Waals surface area contributed by atoms with Crippen LogP contribution in [0.5, 0.6) is 0 Å². The number of ether oxygens (including phenoxy) is 2. The highest BCUT2D eigenvalue weighted by Gasteiger charge is 2.22. The van der Waals surface area contributed by atoms with Crippen LogP contribution in [0.15, 0.2) is 58.6 Å². The van der Waals surface area contributed by atoms with E-state index in [1.165, 1.54) is 52.2 Å². The van der Waals surface area contributed by atoms with Crippen molar-refractivity contribution < 1.29 is 22.3 Å². The second-order valence-electron chi connectivity index (χ2n) is 7.01. The maximum absolute atomic E-state index is 14.0. The molecule has 1 aromatic heterocycles. The molecule has 0 atom stereocenters. The van der Waals surface area contributed by atoms with Gasteiger partial charge in [0.25, 0.3) is 0 Å². The number of rotatable bonds is 10. The number of nitrogens with zero attached hydrogens (tertiary/aromatic N) is 4. The summed E-state index contributed by atoms with van der Waals surface area (Å²) in [6, 6.07) is 13.0. The Labute approximate surface area is 191 Å². The third kappa shape index (κ3) is 5.36. The zero-order valence-electron chi connectivity index (χ0n) is 18.2. The second-order valence-corrected chi connectivity index (χ2v) is 10.1. The zero-order valence-corrected chi connectivity index (χ0v) is 19.9. The minimum atomic E-state index is -3.62.